The lowest BCUT2D eigenvalue weighted by Gasteiger charge is -2.15. The van der Waals surface area contributed by atoms with Crippen LogP contribution in [-0.2, 0) is 6.42 Å². The zero-order valence-corrected chi connectivity index (χ0v) is 26.3. The number of aryl methyl sites for hydroxylation is 5. The number of urea groups is 1. The summed E-state index contributed by atoms with van der Waals surface area (Å²) >= 11 is 1.44. The highest BCUT2D eigenvalue weighted by Crippen LogP contribution is 2.25. The molecule has 8 nitrogen and oxygen atoms in total. The van der Waals surface area contributed by atoms with Crippen LogP contribution in [0.4, 0.5) is 18.0 Å². The molecular formula is C33H33F3N6O2S. The van der Waals surface area contributed by atoms with Crippen molar-refractivity contribution in [3.8, 4) is 28.5 Å². The van der Waals surface area contributed by atoms with Gasteiger partial charge >= 0.3 is 12.4 Å². The van der Waals surface area contributed by atoms with E-state index in [4.69, 9.17) is 0 Å². The van der Waals surface area contributed by atoms with Crippen LogP contribution in [-0.4, -0.2) is 37.8 Å². The molecule has 3 aromatic carbocycles. The van der Waals surface area contributed by atoms with Gasteiger partial charge in [-0.1, -0.05) is 42.0 Å². The number of amides is 2. The summed E-state index contributed by atoms with van der Waals surface area (Å²) in [7, 11) is 0. The van der Waals surface area contributed by atoms with Crippen molar-refractivity contribution in [2.24, 2.45) is 4.99 Å². The van der Waals surface area contributed by atoms with Gasteiger partial charge in [-0.15, -0.1) is 29.6 Å². The van der Waals surface area contributed by atoms with E-state index in [1.807, 2.05) is 48.1 Å². The summed E-state index contributed by atoms with van der Waals surface area (Å²) in [5, 5.41) is 9.45. The summed E-state index contributed by atoms with van der Waals surface area (Å²) in [6.45, 7) is 10.2. The van der Waals surface area contributed by atoms with Crippen molar-refractivity contribution < 1.29 is 22.7 Å². The number of benzene rings is 3. The van der Waals surface area contributed by atoms with Gasteiger partial charge < -0.3 is 10.1 Å². The molecule has 0 saturated carbocycles. The molecule has 45 heavy (non-hydrogen) atoms. The molecule has 1 atom stereocenters. The van der Waals surface area contributed by atoms with Gasteiger partial charge in [0.15, 0.2) is 10.6 Å². The molecule has 0 aliphatic carbocycles. The summed E-state index contributed by atoms with van der Waals surface area (Å²) in [5.74, 6) is 0.177. The number of halogens is 3. The van der Waals surface area contributed by atoms with Crippen LogP contribution in [0.25, 0.3) is 22.8 Å². The first-order valence-corrected chi connectivity index (χ1v) is 15.2. The van der Waals surface area contributed by atoms with E-state index in [2.05, 4.69) is 58.0 Å². The van der Waals surface area contributed by atoms with Crippen molar-refractivity contribution >= 4 is 17.4 Å². The number of aromatic nitrogens is 4. The van der Waals surface area contributed by atoms with E-state index in [-0.39, 0.29) is 17.8 Å². The molecule has 2 aromatic heterocycles. The molecule has 1 unspecified atom stereocenters. The number of thiazole rings is 1. The minimum absolute atomic E-state index is 0.0939. The molecule has 5 aromatic rings. The van der Waals surface area contributed by atoms with Gasteiger partial charge in [0.2, 0.25) is 0 Å². The lowest BCUT2D eigenvalue weighted by molar-refractivity contribution is -0.274. The molecule has 0 saturated heterocycles. The molecule has 0 fully saturated rings. The number of hydrogen-bond donors (Lipinski definition) is 1. The van der Waals surface area contributed by atoms with E-state index >= 15 is 0 Å². The van der Waals surface area contributed by atoms with E-state index in [9.17, 15) is 18.0 Å². The van der Waals surface area contributed by atoms with Crippen LogP contribution >= 0.6 is 11.3 Å². The van der Waals surface area contributed by atoms with E-state index < -0.39 is 6.36 Å². The summed E-state index contributed by atoms with van der Waals surface area (Å²) < 4.78 is 44.7. The van der Waals surface area contributed by atoms with Crippen molar-refractivity contribution in [3.63, 3.8) is 0 Å². The lowest BCUT2D eigenvalue weighted by Crippen LogP contribution is -2.32. The van der Waals surface area contributed by atoms with Crippen LogP contribution in [0.3, 0.4) is 0 Å². The van der Waals surface area contributed by atoms with Crippen molar-refractivity contribution in [2.75, 3.05) is 0 Å². The fourth-order valence-corrected chi connectivity index (χ4v) is 6.05. The van der Waals surface area contributed by atoms with Crippen LogP contribution in [0.1, 0.15) is 41.3 Å². The molecule has 0 aliphatic heterocycles. The van der Waals surface area contributed by atoms with Crippen molar-refractivity contribution in [1.82, 2.24) is 24.6 Å². The van der Waals surface area contributed by atoms with Gasteiger partial charge in [-0.2, -0.15) is 4.99 Å². The molecule has 1 N–H and O–H groups in total. The zero-order chi connectivity index (χ0) is 32.3. The molecule has 0 aliphatic rings. The third-order valence-corrected chi connectivity index (χ3v) is 8.15. The maximum Gasteiger partial charge on any atom is 0.573 e. The second-order valence-electron chi connectivity index (χ2n) is 11.0. The fourth-order valence-electron chi connectivity index (χ4n) is 5.19. The molecule has 234 valence electrons. The summed E-state index contributed by atoms with van der Waals surface area (Å²) in [6, 6.07) is 17.0. The number of alkyl halides is 3. The van der Waals surface area contributed by atoms with Crippen molar-refractivity contribution in [3.05, 3.63) is 105 Å². The van der Waals surface area contributed by atoms with E-state index in [0.717, 1.165) is 46.5 Å². The smallest absolute Gasteiger partial charge is 0.406 e. The van der Waals surface area contributed by atoms with Crippen LogP contribution in [0, 0.1) is 27.7 Å². The molecular weight excluding hydrogens is 601 g/mol. The molecule has 0 radical (unpaired) electrons. The lowest BCUT2D eigenvalue weighted by atomic mass is 10.0. The Morgan fingerprint density at radius 1 is 1.02 bits per heavy atom. The monoisotopic (exact) mass is 634 g/mol. The zero-order valence-electron chi connectivity index (χ0n) is 25.5. The average Bonchev–Trinajstić information content (AvgIpc) is 3.59. The van der Waals surface area contributed by atoms with Crippen LogP contribution in [0.2, 0.25) is 0 Å². The number of carbonyl (C=O) groups excluding carboxylic acids is 1. The molecule has 0 spiro atoms. The third-order valence-electron chi connectivity index (χ3n) is 7.21. The molecule has 2 amide bonds. The van der Waals surface area contributed by atoms with Gasteiger partial charge in [-0.3, -0.25) is 4.57 Å². The van der Waals surface area contributed by atoms with Gasteiger partial charge in [0.05, 0.1) is 11.4 Å². The van der Waals surface area contributed by atoms with E-state index in [1.54, 1.807) is 0 Å². The SMILES string of the molecule is Cc1cc(C)c(-n2c(C)csc2=NC(=O)NC(C)CCc2ccc(-c3ncn(-c4ccc(OC(F)(F)F)cc4)n3)cc2)c(C)c1. The predicted molar refractivity (Wildman–Crippen MR) is 168 cm³/mol. The average molecular weight is 635 g/mol. The first kappa shape index (κ1) is 31.7. The topological polar surface area (TPSA) is 86.3 Å². The van der Waals surface area contributed by atoms with Crippen LogP contribution < -0.4 is 14.9 Å². The Labute approximate surface area is 262 Å². The van der Waals surface area contributed by atoms with Crippen LogP contribution in [0.5, 0.6) is 5.75 Å². The van der Waals surface area contributed by atoms with Gasteiger partial charge in [0, 0.05) is 22.7 Å². The minimum Gasteiger partial charge on any atom is -0.406 e. The van der Waals surface area contributed by atoms with Gasteiger partial charge in [-0.25, -0.2) is 14.5 Å². The van der Waals surface area contributed by atoms with Crippen molar-refractivity contribution in [1.29, 1.82) is 0 Å². The Kier molecular flexibility index (Phi) is 9.24. The number of rotatable bonds is 8. The quantitative estimate of drug-likeness (QED) is 0.191. The van der Waals surface area contributed by atoms with Gasteiger partial charge in [-0.05, 0) is 88.4 Å². The number of ether oxygens (including phenoxy) is 1. The fraction of sp³-hybridized carbons (Fsp3) is 0.273. The summed E-state index contributed by atoms with van der Waals surface area (Å²) in [5.41, 5.74) is 7.97. The standard InChI is InChI=1S/C33H33F3N6O2S/c1-20-16-21(2)29(22(3)17-20)42-24(5)18-45-32(42)39-31(43)38-23(4)6-7-25-8-10-26(11-9-25)30-37-19-41(40-30)27-12-14-28(15-13-27)44-33(34,35)36/h8-19,23H,6-7H2,1-5H3,(H,38,43). The molecule has 2 heterocycles. The first-order chi connectivity index (χ1) is 21.4. The first-order valence-electron chi connectivity index (χ1n) is 14.3. The number of hydrogen-bond acceptors (Lipinski definition) is 5. The Balaban J connectivity index is 1.18. The van der Waals surface area contributed by atoms with Crippen LogP contribution in [0.15, 0.2) is 77.4 Å². The Hall–Kier alpha value is -4.71. The summed E-state index contributed by atoms with van der Waals surface area (Å²) in [4.78, 5) is 22.3. The number of nitrogens with zero attached hydrogens (tertiary/aromatic N) is 5. The highest BCUT2D eigenvalue weighted by Gasteiger charge is 2.31. The molecule has 5 rings (SSSR count). The number of carbonyl (C=O) groups is 1. The Bertz CT molecular complexity index is 1850. The van der Waals surface area contributed by atoms with E-state index in [0.29, 0.717) is 16.3 Å². The Morgan fingerprint density at radius 2 is 1.69 bits per heavy atom. The predicted octanol–water partition coefficient (Wildman–Crippen LogP) is 7.55. The van der Waals surface area contributed by atoms with Crippen molar-refractivity contribution in [2.45, 2.75) is 59.9 Å². The normalized spacial score (nSPS) is 12.8. The van der Waals surface area contributed by atoms with Gasteiger partial charge in [0.1, 0.15) is 12.1 Å². The van der Waals surface area contributed by atoms with E-state index in [1.165, 1.54) is 52.2 Å². The maximum absolute atomic E-state index is 12.9. The highest BCUT2D eigenvalue weighted by molar-refractivity contribution is 7.07. The number of nitrogens with one attached hydrogen (secondary N) is 1. The Morgan fingerprint density at radius 3 is 2.33 bits per heavy atom. The van der Waals surface area contributed by atoms with Gasteiger partial charge in [0.25, 0.3) is 0 Å². The summed E-state index contributed by atoms with van der Waals surface area (Å²) in [6.07, 6.45) is -1.78. The largest absolute Gasteiger partial charge is 0.573 e. The highest BCUT2D eigenvalue weighted by atomic mass is 32.1. The maximum atomic E-state index is 12.9. The second-order valence-corrected chi connectivity index (χ2v) is 11.8. The molecule has 0 bridgehead atoms. The second kappa shape index (κ2) is 13.1. The third kappa shape index (κ3) is 7.88. The minimum atomic E-state index is -4.75. The molecule has 12 heteroatoms.